The van der Waals surface area contributed by atoms with E-state index in [1.807, 2.05) is 11.8 Å². The first-order valence-corrected chi connectivity index (χ1v) is 10.7. The third-order valence-corrected chi connectivity index (χ3v) is 6.05. The van der Waals surface area contributed by atoms with Crippen LogP contribution in [0, 0.1) is 11.8 Å². The Morgan fingerprint density at radius 2 is 1.65 bits per heavy atom. The molecule has 0 bridgehead atoms. The fourth-order valence-electron chi connectivity index (χ4n) is 3.22. The fraction of sp³-hybridized carbons (Fsp3) is 1.00. The van der Waals surface area contributed by atoms with Gasteiger partial charge in [-0.05, 0) is 25.2 Å². The number of thioether (sulfide) groups is 1. The first-order valence-electron chi connectivity index (χ1n) is 9.52. The maximum Gasteiger partial charge on any atom is 0.0950 e. The molecule has 1 rings (SSSR count). The van der Waals surface area contributed by atoms with Crippen LogP contribution in [0.5, 0.6) is 0 Å². The molecular formula is C19H39NO2S. The highest BCUT2D eigenvalue weighted by atomic mass is 32.2. The van der Waals surface area contributed by atoms with Crippen LogP contribution in [0.25, 0.3) is 0 Å². The van der Waals surface area contributed by atoms with Crippen molar-refractivity contribution in [2.75, 3.05) is 31.1 Å². The number of aliphatic hydroxyl groups is 2. The van der Waals surface area contributed by atoms with Crippen LogP contribution in [-0.2, 0) is 0 Å². The van der Waals surface area contributed by atoms with Crippen molar-refractivity contribution in [2.24, 2.45) is 11.8 Å². The van der Waals surface area contributed by atoms with Crippen LogP contribution in [-0.4, -0.2) is 58.0 Å². The van der Waals surface area contributed by atoms with Gasteiger partial charge in [-0.2, -0.15) is 11.8 Å². The molecule has 4 heteroatoms. The third-order valence-electron chi connectivity index (χ3n) is 5.11. The highest BCUT2D eigenvalue weighted by molar-refractivity contribution is 7.99. The first kappa shape index (κ1) is 21.3. The van der Waals surface area contributed by atoms with Crippen LogP contribution in [0.4, 0.5) is 0 Å². The minimum Gasteiger partial charge on any atom is -0.389 e. The Bertz CT molecular complexity index is 304. The number of nitrogens with zero attached hydrogens (tertiary/aromatic N) is 1. The predicted octanol–water partition coefficient (Wildman–Crippen LogP) is 3.78. The number of hydrogen-bond acceptors (Lipinski definition) is 4. The summed E-state index contributed by atoms with van der Waals surface area (Å²) in [4.78, 5) is 2.28. The molecule has 1 aliphatic heterocycles. The number of hydrogen-bond donors (Lipinski definition) is 2. The molecule has 138 valence electrons. The molecule has 3 nitrogen and oxygen atoms in total. The summed E-state index contributed by atoms with van der Waals surface area (Å²) < 4.78 is 0. The average molecular weight is 346 g/mol. The van der Waals surface area contributed by atoms with Gasteiger partial charge in [-0.1, -0.05) is 52.9 Å². The molecule has 1 fully saturated rings. The molecule has 1 saturated heterocycles. The van der Waals surface area contributed by atoms with Crippen molar-refractivity contribution in [3.8, 4) is 0 Å². The lowest BCUT2D eigenvalue weighted by molar-refractivity contribution is -0.0795. The fourth-order valence-corrected chi connectivity index (χ4v) is 4.20. The van der Waals surface area contributed by atoms with Gasteiger partial charge in [-0.3, -0.25) is 4.90 Å². The molecule has 0 saturated carbocycles. The van der Waals surface area contributed by atoms with Crippen molar-refractivity contribution in [1.29, 1.82) is 0 Å². The van der Waals surface area contributed by atoms with Gasteiger partial charge in [0.15, 0.2) is 0 Å². The summed E-state index contributed by atoms with van der Waals surface area (Å²) in [5, 5.41) is 21.0. The third kappa shape index (κ3) is 9.33. The molecule has 0 aromatic rings. The van der Waals surface area contributed by atoms with Gasteiger partial charge in [0.2, 0.25) is 0 Å². The lowest BCUT2D eigenvalue weighted by atomic mass is 9.89. The molecular weight excluding hydrogens is 306 g/mol. The normalized spacial score (nSPS) is 22.0. The van der Waals surface area contributed by atoms with Gasteiger partial charge in [0.25, 0.3) is 0 Å². The second-order valence-electron chi connectivity index (χ2n) is 8.11. The molecule has 3 atom stereocenters. The average Bonchev–Trinajstić information content (AvgIpc) is 2.47. The van der Waals surface area contributed by atoms with E-state index in [1.54, 1.807) is 6.92 Å². The molecule has 2 N–H and O–H groups in total. The molecule has 1 heterocycles. The number of aliphatic hydroxyl groups excluding tert-OH is 1. The molecule has 0 radical (unpaired) electrons. The van der Waals surface area contributed by atoms with Crippen LogP contribution >= 0.6 is 11.8 Å². The van der Waals surface area contributed by atoms with Gasteiger partial charge in [-0.25, -0.2) is 0 Å². The van der Waals surface area contributed by atoms with Gasteiger partial charge in [0, 0.05) is 31.1 Å². The molecule has 0 spiro atoms. The predicted molar refractivity (Wildman–Crippen MR) is 102 cm³/mol. The van der Waals surface area contributed by atoms with E-state index >= 15 is 0 Å². The summed E-state index contributed by atoms with van der Waals surface area (Å²) >= 11 is 1.97. The van der Waals surface area contributed by atoms with E-state index in [0.29, 0.717) is 13.0 Å². The lowest BCUT2D eigenvalue weighted by Crippen LogP contribution is -2.48. The van der Waals surface area contributed by atoms with E-state index in [4.69, 9.17) is 0 Å². The summed E-state index contributed by atoms with van der Waals surface area (Å²) in [5.74, 6) is 3.80. The van der Waals surface area contributed by atoms with Crippen LogP contribution in [0.1, 0.15) is 66.2 Å². The standard InChI is InChI=1S/C19H39NO2S/c1-16(2)7-5-8-17(3)9-6-10-19(4,22)18(21)15-20-11-13-23-14-12-20/h16-18,21-22H,5-15H2,1-4H3. The van der Waals surface area contributed by atoms with E-state index in [2.05, 4.69) is 25.7 Å². The zero-order valence-electron chi connectivity index (χ0n) is 15.8. The van der Waals surface area contributed by atoms with E-state index < -0.39 is 11.7 Å². The van der Waals surface area contributed by atoms with Gasteiger partial charge in [0.05, 0.1) is 11.7 Å². The summed E-state index contributed by atoms with van der Waals surface area (Å²) in [7, 11) is 0. The lowest BCUT2D eigenvalue weighted by Gasteiger charge is -2.35. The maximum atomic E-state index is 10.6. The smallest absolute Gasteiger partial charge is 0.0950 e. The zero-order chi connectivity index (χ0) is 17.3. The van der Waals surface area contributed by atoms with Crippen LogP contribution in [0.2, 0.25) is 0 Å². The summed E-state index contributed by atoms with van der Waals surface area (Å²) in [6.07, 6.45) is 6.13. The number of β-amino-alcohol motifs (C(OH)–C–C–N with tert-alkyl or cyclic N) is 1. The van der Waals surface area contributed by atoms with Crippen molar-refractivity contribution < 1.29 is 10.2 Å². The van der Waals surface area contributed by atoms with Crippen molar-refractivity contribution in [3.63, 3.8) is 0 Å². The summed E-state index contributed by atoms with van der Waals surface area (Å²) in [5.41, 5.74) is -0.956. The Morgan fingerprint density at radius 1 is 1.04 bits per heavy atom. The summed E-state index contributed by atoms with van der Waals surface area (Å²) in [6, 6.07) is 0. The Balaban J connectivity index is 2.19. The van der Waals surface area contributed by atoms with E-state index in [-0.39, 0.29) is 0 Å². The van der Waals surface area contributed by atoms with Crippen molar-refractivity contribution in [1.82, 2.24) is 4.90 Å². The SMILES string of the molecule is CC(C)CCCC(C)CCCC(C)(O)C(O)CN1CCSCC1. The van der Waals surface area contributed by atoms with Crippen molar-refractivity contribution >= 4 is 11.8 Å². The maximum absolute atomic E-state index is 10.6. The van der Waals surface area contributed by atoms with Gasteiger partial charge >= 0.3 is 0 Å². The molecule has 0 aliphatic carbocycles. The first-order chi connectivity index (χ1) is 10.8. The van der Waals surface area contributed by atoms with Crippen LogP contribution in [0.15, 0.2) is 0 Å². The molecule has 0 aromatic carbocycles. The van der Waals surface area contributed by atoms with E-state index in [1.165, 1.54) is 19.3 Å². The Labute approximate surface area is 148 Å². The molecule has 3 unspecified atom stereocenters. The van der Waals surface area contributed by atoms with Crippen molar-refractivity contribution in [3.05, 3.63) is 0 Å². The van der Waals surface area contributed by atoms with Gasteiger partial charge in [-0.15, -0.1) is 0 Å². The quantitative estimate of drug-likeness (QED) is 0.598. The molecule has 1 aliphatic rings. The second-order valence-corrected chi connectivity index (χ2v) is 9.33. The van der Waals surface area contributed by atoms with Gasteiger partial charge < -0.3 is 10.2 Å². The van der Waals surface area contributed by atoms with E-state index in [9.17, 15) is 10.2 Å². The molecule has 0 aromatic heterocycles. The van der Waals surface area contributed by atoms with Crippen molar-refractivity contribution in [2.45, 2.75) is 77.9 Å². The summed E-state index contributed by atoms with van der Waals surface area (Å²) in [6.45, 7) is 11.4. The zero-order valence-corrected chi connectivity index (χ0v) is 16.6. The highest BCUT2D eigenvalue weighted by Crippen LogP contribution is 2.24. The largest absolute Gasteiger partial charge is 0.389 e. The van der Waals surface area contributed by atoms with Gasteiger partial charge in [0.1, 0.15) is 0 Å². The minimum atomic E-state index is -0.956. The Kier molecular flexibility index (Phi) is 10.1. The minimum absolute atomic E-state index is 0.609. The molecule has 0 amide bonds. The highest BCUT2D eigenvalue weighted by Gasteiger charge is 2.31. The second kappa shape index (κ2) is 11.0. The Hall–Kier alpha value is 0.230. The van der Waals surface area contributed by atoms with Crippen LogP contribution < -0.4 is 0 Å². The van der Waals surface area contributed by atoms with Crippen LogP contribution in [0.3, 0.4) is 0 Å². The number of rotatable bonds is 11. The topological polar surface area (TPSA) is 43.7 Å². The monoisotopic (exact) mass is 345 g/mol. The molecule has 23 heavy (non-hydrogen) atoms. The van der Waals surface area contributed by atoms with E-state index in [0.717, 1.165) is 49.3 Å². The Morgan fingerprint density at radius 3 is 2.26 bits per heavy atom.